The van der Waals surface area contributed by atoms with Crippen LogP contribution in [-0.4, -0.2) is 68.8 Å². The van der Waals surface area contributed by atoms with Gasteiger partial charge in [-0.2, -0.15) is 0 Å². The summed E-state index contributed by atoms with van der Waals surface area (Å²) in [4.78, 5) is 32.2. The van der Waals surface area contributed by atoms with Gasteiger partial charge in [-0.05, 0) is 67.8 Å². The molecule has 228 valence electrons. The standard InChI is InChI=1S/C34H40N8OS/c1-2-40-16-18-41(19-17-40)28-12-10-26(11-13-28)37-33-35-15-14-29(38-33)32-31(39-34-42(32)20-21-44-34)25-8-5-9-27(23-25)36-30(43)22-24-6-3-4-7-24/h5,8-15,23-24H,2-4,6-7,16-22H2,1H3,(H,36,43)(H,35,37,38). The fourth-order valence-electron chi connectivity index (χ4n) is 6.63. The highest BCUT2D eigenvalue weighted by atomic mass is 32.2. The number of amides is 1. The lowest BCUT2D eigenvalue weighted by Crippen LogP contribution is -2.46. The highest BCUT2D eigenvalue weighted by molar-refractivity contribution is 7.99. The first-order valence-electron chi connectivity index (χ1n) is 15.9. The van der Waals surface area contributed by atoms with Crippen LogP contribution in [0.25, 0.3) is 22.6 Å². The summed E-state index contributed by atoms with van der Waals surface area (Å²) in [7, 11) is 0. The topological polar surface area (TPSA) is 91.2 Å². The van der Waals surface area contributed by atoms with Crippen LogP contribution in [0.2, 0.25) is 0 Å². The lowest BCUT2D eigenvalue weighted by molar-refractivity contribution is -0.117. The number of nitrogens with zero attached hydrogens (tertiary/aromatic N) is 6. The van der Waals surface area contributed by atoms with E-state index < -0.39 is 0 Å². The molecule has 10 heteroatoms. The highest BCUT2D eigenvalue weighted by Crippen LogP contribution is 2.39. The summed E-state index contributed by atoms with van der Waals surface area (Å²) in [5.41, 5.74) is 6.63. The number of aromatic nitrogens is 4. The molecule has 1 saturated carbocycles. The van der Waals surface area contributed by atoms with Crippen molar-refractivity contribution in [1.29, 1.82) is 0 Å². The molecule has 2 aliphatic heterocycles. The summed E-state index contributed by atoms with van der Waals surface area (Å²) in [6.45, 7) is 8.54. The number of piperazine rings is 1. The second kappa shape index (κ2) is 13.0. The minimum absolute atomic E-state index is 0.0933. The summed E-state index contributed by atoms with van der Waals surface area (Å²) in [6, 6.07) is 18.5. The summed E-state index contributed by atoms with van der Waals surface area (Å²) in [6.07, 6.45) is 7.20. The third kappa shape index (κ3) is 6.32. The molecular formula is C34H40N8OS. The van der Waals surface area contributed by atoms with E-state index in [2.05, 4.69) is 67.2 Å². The maximum absolute atomic E-state index is 12.8. The molecule has 4 heterocycles. The van der Waals surface area contributed by atoms with Crippen LogP contribution >= 0.6 is 11.8 Å². The lowest BCUT2D eigenvalue weighted by Gasteiger charge is -2.35. The van der Waals surface area contributed by atoms with Crippen molar-refractivity contribution in [3.8, 4) is 22.6 Å². The Labute approximate surface area is 263 Å². The van der Waals surface area contributed by atoms with Crippen LogP contribution < -0.4 is 15.5 Å². The average Bonchev–Trinajstić information content (AvgIpc) is 3.80. The van der Waals surface area contributed by atoms with E-state index in [1.807, 2.05) is 24.3 Å². The lowest BCUT2D eigenvalue weighted by atomic mass is 10.0. The zero-order valence-corrected chi connectivity index (χ0v) is 26.2. The Morgan fingerprint density at radius 2 is 1.77 bits per heavy atom. The van der Waals surface area contributed by atoms with Gasteiger partial charge < -0.3 is 25.0 Å². The quantitative estimate of drug-likeness (QED) is 0.222. The fourth-order valence-corrected chi connectivity index (χ4v) is 7.58. The van der Waals surface area contributed by atoms with E-state index in [1.54, 1.807) is 18.0 Å². The zero-order chi connectivity index (χ0) is 29.9. The van der Waals surface area contributed by atoms with Crippen molar-refractivity contribution in [2.75, 3.05) is 54.0 Å². The van der Waals surface area contributed by atoms with Gasteiger partial charge in [-0.25, -0.2) is 15.0 Å². The van der Waals surface area contributed by atoms with Crippen LogP contribution in [0, 0.1) is 5.92 Å². The Morgan fingerprint density at radius 3 is 2.57 bits per heavy atom. The van der Waals surface area contributed by atoms with Crippen molar-refractivity contribution in [2.45, 2.75) is 50.7 Å². The minimum atomic E-state index is 0.0933. The predicted molar refractivity (Wildman–Crippen MR) is 179 cm³/mol. The van der Waals surface area contributed by atoms with Crippen molar-refractivity contribution in [1.82, 2.24) is 24.4 Å². The smallest absolute Gasteiger partial charge is 0.227 e. The van der Waals surface area contributed by atoms with Gasteiger partial charge >= 0.3 is 0 Å². The van der Waals surface area contributed by atoms with Crippen molar-refractivity contribution < 1.29 is 4.79 Å². The maximum Gasteiger partial charge on any atom is 0.227 e. The Balaban J connectivity index is 1.10. The van der Waals surface area contributed by atoms with E-state index in [9.17, 15) is 4.79 Å². The molecule has 0 unspecified atom stereocenters. The summed E-state index contributed by atoms with van der Waals surface area (Å²) < 4.78 is 2.25. The molecule has 3 aliphatic rings. The summed E-state index contributed by atoms with van der Waals surface area (Å²) in [5, 5.41) is 7.54. The van der Waals surface area contributed by atoms with Crippen LogP contribution in [0.3, 0.4) is 0 Å². The predicted octanol–water partition coefficient (Wildman–Crippen LogP) is 6.52. The first-order chi connectivity index (χ1) is 21.6. The number of likely N-dealkylation sites (N-methyl/N-ethyl adjacent to an activating group) is 1. The Bertz CT molecular complexity index is 1610. The van der Waals surface area contributed by atoms with E-state index in [0.29, 0.717) is 18.3 Å². The van der Waals surface area contributed by atoms with E-state index >= 15 is 0 Å². The van der Waals surface area contributed by atoms with E-state index in [-0.39, 0.29) is 5.91 Å². The number of hydrogen-bond donors (Lipinski definition) is 2. The molecule has 2 fully saturated rings. The van der Waals surface area contributed by atoms with E-state index in [4.69, 9.17) is 9.97 Å². The number of anilines is 4. The van der Waals surface area contributed by atoms with Gasteiger partial charge in [0.2, 0.25) is 11.9 Å². The third-order valence-electron chi connectivity index (χ3n) is 9.05. The molecule has 0 bridgehead atoms. The maximum atomic E-state index is 12.8. The van der Waals surface area contributed by atoms with Gasteiger partial charge in [0, 0.05) is 73.7 Å². The fraction of sp³-hybridized carbons (Fsp3) is 0.412. The molecule has 44 heavy (non-hydrogen) atoms. The molecule has 9 nitrogen and oxygen atoms in total. The molecule has 0 radical (unpaired) electrons. The number of carbonyl (C=O) groups is 1. The van der Waals surface area contributed by atoms with Crippen LogP contribution in [0.5, 0.6) is 0 Å². The minimum Gasteiger partial charge on any atom is -0.369 e. The number of nitrogens with one attached hydrogen (secondary N) is 2. The van der Waals surface area contributed by atoms with Crippen LogP contribution in [0.4, 0.5) is 23.0 Å². The molecule has 2 aromatic carbocycles. The molecular weight excluding hydrogens is 568 g/mol. The molecule has 1 aliphatic carbocycles. The van der Waals surface area contributed by atoms with Gasteiger partial charge in [-0.3, -0.25) is 4.79 Å². The van der Waals surface area contributed by atoms with E-state index in [1.165, 1.54) is 18.5 Å². The van der Waals surface area contributed by atoms with Crippen LogP contribution in [0.15, 0.2) is 66.0 Å². The Hall–Kier alpha value is -3.89. The van der Waals surface area contributed by atoms with Crippen molar-refractivity contribution >= 4 is 40.7 Å². The molecule has 0 spiro atoms. The van der Waals surface area contributed by atoms with E-state index in [0.717, 1.165) is 97.0 Å². The molecule has 2 N–H and O–H groups in total. The largest absolute Gasteiger partial charge is 0.369 e. The molecule has 1 saturated heterocycles. The second-order valence-corrected chi connectivity index (χ2v) is 13.0. The normalized spacial score (nSPS) is 17.2. The highest BCUT2D eigenvalue weighted by Gasteiger charge is 2.26. The van der Waals surface area contributed by atoms with Gasteiger partial charge in [0.15, 0.2) is 5.16 Å². The number of imidazole rings is 1. The third-order valence-corrected chi connectivity index (χ3v) is 10.0. The molecule has 4 aromatic rings. The first-order valence-corrected chi connectivity index (χ1v) is 16.9. The van der Waals surface area contributed by atoms with Crippen molar-refractivity contribution in [2.24, 2.45) is 5.92 Å². The zero-order valence-electron chi connectivity index (χ0n) is 25.3. The Kier molecular flexibility index (Phi) is 8.52. The average molecular weight is 609 g/mol. The Morgan fingerprint density at radius 1 is 0.955 bits per heavy atom. The van der Waals surface area contributed by atoms with Gasteiger partial charge in [-0.15, -0.1) is 0 Å². The number of thioether (sulfide) groups is 1. The molecule has 0 atom stereocenters. The monoisotopic (exact) mass is 608 g/mol. The van der Waals surface area contributed by atoms with Crippen LogP contribution in [0.1, 0.15) is 39.0 Å². The first kappa shape index (κ1) is 28.9. The van der Waals surface area contributed by atoms with Crippen LogP contribution in [-0.2, 0) is 11.3 Å². The number of rotatable bonds is 9. The number of benzene rings is 2. The molecule has 2 aromatic heterocycles. The number of fused-ring (bicyclic) bond motifs is 1. The summed E-state index contributed by atoms with van der Waals surface area (Å²) >= 11 is 1.76. The van der Waals surface area contributed by atoms with Gasteiger partial charge in [-0.1, -0.05) is 43.7 Å². The second-order valence-electron chi connectivity index (χ2n) is 11.9. The number of hydrogen-bond acceptors (Lipinski definition) is 8. The van der Waals surface area contributed by atoms with Gasteiger partial charge in [0.25, 0.3) is 0 Å². The van der Waals surface area contributed by atoms with Crippen molar-refractivity contribution in [3.05, 3.63) is 60.8 Å². The molecule has 7 rings (SSSR count). The SMILES string of the molecule is CCN1CCN(c2ccc(Nc3nccc(-c4c(-c5cccc(NC(=O)CC6CCCC6)c5)nc5n4CCS5)n3)cc2)CC1. The van der Waals surface area contributed by atoms with Gasteiger partial charge in [0.05, 0.1) is 17.1 Å². The molecule has 1 amide bonds. The number of carbonyl (C=O) groups excluding carboxylic acids is 1. The summed E-state index contributed by atoms with van der Waals surface area (Å²) in [5.74, 6) is 2.14. The van der Waals surface area contributed by atoms with Gasteiger partial charge in [0.1, 0.15) is 0 Å². The van der Waals surface area contributed by atoms with Crippen molar-refractivity contribution in [3.63, 3.8) is 0 Å².